The van der Waals surface area contributed by atoms with Crippen LogP contribution in [0.3, 0.4) is 0 Å². The van der Waals surface area contributed by atoms with Gasteiger partial charge in [0.15, 0.2) is 0 Å². The lowest BCUT2D eigenvalue weighted by Gasteiger charge is -2.33. The monoisotopic (exact) mass is 301 g/mol. The van der Waals surface area contributed by atoms with Crippen molar-refractivity contribution in [1.29, 1.82) is 0 Å². The number of Topliss-reactive ketones (excluding diaryl/α,β-unsaturated/α-hetero) is 1. The van der Waals surface area contributed by atoms with Gasteiger partial charge in [-0.25, -0.2) is 0 Å². The Kier molecular flexibility index (Phi) is 7.57. The van der Waals surface area contributed by atoms with Gasteiger partial charge in [-0.3, -0.25) is 14.4 Å². The molecular formula is C15H27NO5. The number of rotatable bonds is 8. The van der Waals surface area contributed by atoms with Crippen LogP contribution < -0.4 is 5.32 Å². The maximum absolute atomic E-state index is 12.1. The van der Waals surface area contributed by atoms with Crippen molar-refractivity contribution >= 4 is 17.7 Å². The van der Waals surface area contributed by atoms with Crippen molar-refractivity contribution in [2.24, 2.45) is 5.41 Å². The summed E-state index contributed by atoms with van der Waals surface area (Å²) in [6, 6.07) is 0. The van der Waals surface area contributed by atoms with Gasteiger partial charge in [-0.05, 0) is 32.7 Å². The first-order chi connectivity index (χ1) is 9.50. The lowest BCUT2D eigenvalue weighted by atomic mass is 9.81. The molecule has 0 saturated carbocycles. The van der Waals surface area contributed by atoms with Crippen molar-refractivity contribution in [1.82, 2.24) is 5.32 Å². The van der Waals surface area contributed by atoms with Crippen molar-refractivity contribution in [3.63, 3.8) is 0 Å². The Hall–Kier alpha value is -1.43. The molecule has 0 saturated heterocycles. The Balaban J connectivity index is 4.23. The number of ether oxygens (including phenoxy) is 2. The molecule has 21 heavy (non-hydrogen) atoms. The maximum Gasteiger partial charge on any atom is 0.326 e. The summed E-state index contributed by atoms with van der Waals surface area (Å²) in [6.07, 6.45) is 0.353. The second kappa shape index (κ2) is 8.12. The van der Waals surface area contributed by atoms with Crippen LogP contribution in [0.25, 0.3) is 0 Å². The van der Waals surface area contributed by atoms with Crippen LogP contribution in [-0.4, -0.2) is 43.5 Å². The highest BCUT2D eigenvalue weighted by molar-refractivity contribution is 5.94. The summed E-state index contributed by atoms with van der Waals surface area (Å²) in [6.45, 7) is 9.14. The maximum atomic E-state index is 12.1. The smallest absolute Gasteiger partial charge is 0.326 e. The van der Waals surface area contributed by atoms with Crippen LogP contribution >= 0.6 is 0 Å². The van der Waals surface area contributed by atoms with Crippen molar-refractivity contribution < 1.29 is 23.9 Å². The quantitative estimate of drug-likeness (QED) is 0.415. The zero-order valence-corrected chi connectivity index (χ0v) is 13.9. The molecule has 1 unspecified atom stereocenters. The molecule has 0 amide bonds. The average Bonchev–Trinajstić information content (AvgIpc) is 2.31. The van der Waals surface area contributed by atoms with Crippen LogP contribution in [-0.2, 0) is 23.9 Å². The van der Waals surface area contributed by atoms with Gasteiger partial charge in [-0.15, -0.1) is 0 Å². The molecule has 1 atom stereocenters. The van der Waals surface area contributed by atoms with Gasteiger partial charge in [0.05, 0.1) is 0 Å². The third-order valence-corrected chi connectivity index (χ3v) is 2.86. The highest BCUT2D eigenvalue weighted by Gasteiger charge is 2.37. The van der Waals surface area contributed by atoms with E-state index in [1.807, 2.05) is 20.8 Å². The topological polar surface area (TPSA) is 81.7 Å². The summed E-state index contributed by atoms with van der Waals surface area (Å²) in [5.74, 6) is -1.25. The number of likely N-dealkylation sites (N-methyl/N-ethyl adjacent to an activating group) is 1. The fourth-order valence-electron chi connectivity index (χ4n) is 2.03. The van der Waals surface area contributed by atoms with Gasteiger partial charge >= 0.3 is 11.9 Å². The second-order valence-corrected chi connectivity index (χ2v) is 6.55. The zero-order valence-electron chi connectivity index (χ0n) is 13.9. The first-order valence-electron chi connectivity index (χ1n) is 7.01. The average molecular weight is 301 g/mol. The Bertz CT molecular complexity index is 386. The molecule has 0 aliphatic carbocycles. The van der Waals surface area contributed by atoms with Gasteiger partial charge in [0.1, 0.15) is 31.0 Å². The highest BCUT2D eigenvalue weighted by Crippen LogP contribution is 2.27. The number of nitrogens with one attached hydrogen (secondary N) is 1. The summed E-state index contributed by atoms with van der Waals surface area (Å²) in [5, 5.41) is 2.98. The minimum absolute atomic E-state index is 0.0239. The molecule has 0 aromatic rings. The van der Waals surface area contributed by atoms with E-state index in [4.69, 9.17) is 9.47 Å². The van der Waals surface area contributed by atoms with E-state index in [1.165, 1.54) is 6.92 Å². The molecule has 122 valence electrons. The Morgan fingerprint density at radius 1 is 1.00 bits per heavy atom. The van der Waals surface area contributed by atoms with E-state index >= 15 is 0 Å². The van der Waals surface area contributed by atoms with Crippen molar-refractivity contribution in [3.8, 4) is 0 Å². The van der Waals surface area contributed by atoms with E-state index in [-0.39, 0.29) is 36.8 Å². The largest absolute Gasteiger partial charge is 0.462 e. The molecule has 0 aliphatic rings. The lowest BCUT2D eigenvalue weighted by molar-refractivity contribution is -0.158. The SMILES string of the molecule is CNC(C)(CC(C)(C)C)C(=O)OCCOC(=O)CC(C)=O. The molecule has 0 heterocycles. The molecule has 6 heteroatoms. The van der Waals surface area contributed by atoms with Gasteiger partial charge in [-0.2, -0.15) is 0 Å². The van der Waals surface area contributed by atoms with Gasteiger partial charge < -0.3 is 14.8 Å². The zero-order chi connectivity index (χ0) is 16.7. The number of ketones is 1. The van der Waals surface area contributed by atoms with Crippen molar-refractivity contribution in [3.05, 3.63) is 0 Å². The van der Waals surface area contributed by atoms with Gasteiger partial charge in [0, 0.05) is 0 Å². The molecule has 0 fully saturated rings. The van der Waals surface area contributed by atoms with Crippen LogP contribution in [0.1, 0.15) is 47.5 Å². The summed E-state index contributed by atoms with van der Waals surface area (Å²) < 4.78 is 9.93. The summed E-state index contributed by atoms with van der Waals surface area (Å²) in [7, 11) is 1.71. The summed E-state index contributed by atoms with van der Waals surface area (Å²) in [4.78, 5) is 34.0. The third-order valence-electron chi connectivity index (χ3n) is 2.86. The second-order valence-electron chi connectivity index (χ2n) is 6.55. The van der Waals surface area contributed by atoms with E-state index in [9.17, 15) is 14.4 Å². The Morgan fingerprint density at radius 3 is 1.95 bits per heavy atom. The standard InChI is InChI=1S/C15H27NO5/c1-11(17)9-12(18)20-7-8-21-13(19)15(5,16-6)10-14(2,3)4/h16H,7-10H2,1-6H3. The fourth-order valence-corrected chi connectivity index (χ4v) is 2.03. The third kappa shape index (κ3) is 8.45. The van der Waals surface area contributed by atoms with Gasteiger partial charge in [-0.1, -0.05) is 20.8 Å². The summed E-state index contributed by atoms with van der Waals surface area (Å²) in [5.41, 5.74) is -0.827. The molecule has 0 radical (unpaired) electrons. The van der Waals surface area contributed by atoms with Crippen LogP contribution in [0, 0.1) is 5.41 Å². The van der Waals surface area contributed by atoms with Crippen LogP contribution in [0.4, 0.5) is 0 Å². The summed E-state index contributed by atoms with van der Waals surface area (Å²) >= 11 is 0. The number of esters is 2. The molecular weight excluding hydrogens is 274 g/mol. The van der Waals surface area contributed by atoms with Crippen molar-refractivity contribution in [2.75, 3.05) is 20.3 Å². The Morgan fingerprint density at radius 2 is 1.52 bits per heavy atom. The van der Waals surface area contributed by atoms with Crippen LogP contribution in [0.2, 0.25) is 0 Å². The molecule has 6 nitrogen and oxygen atoms in total. The molecule has 0 aliphatic heterocycles. The number of hydrogen-bond acceptors (Lipinski definition) is 6. The molecule has 0 spiro atoms. The minimum Gasteiger partial charge on any atom is -0.462 e. The van der Waals surface area contributed by atoms with E-state index in [1.54, 1.807) is 14.0 Å². The number of hydrogen-bond donors (Lipinski definition) is 1. The predicted octanol–water partition coefficient (Wildman–Crippen LogP) is 1.47. The van der Waals surface area contributed by atoms with Crippen LogP contribution in [0.15, 0.2) is 0 Å². The molecule has 0 aromatic carbocycles. The van der Waals surface area contributed by atoms with Crippen molar-refractivity contribution in [2.45, 2.75) is 53.0 Å². The fraction of sp³-hybridized carbons (Fsp3) is 0.800. The van der Waals surface area contributed by atoms with E-state index in [0.29, 0.717) is 6.42 Å². The van der Waals surface area contributed by atoms with E-state index in [2.05, 4.69) is 5.32 Å². The molecule has 1 N–H and O–H groups in total. The molecule has 0 aromatic heterocycles. The first kappa shape index (κ1) is 19.6. The molecule has 0 bridgehead atoms. The Labute approximate surface area is 126 Å². The van der Waals surface area contributed by atoms with E-state index < -0.39 is 11.5 Å². The first-order valence-corrected chi connectivity index (χ1v) is 7.01. The van der Waals surface area contributed by atoms with Crippen LogP contribution in [0.5, 0.6) is 0 Å². The molecule has 0 rings (SSSR count). The number of carbonyl (C=O) groups excluding carboxylic acids is 3. The van der Waals surface area contributed by atoms with Gasteiger partial charge in [0.2, 0.25) is 0 Å². The highest BCUT2D eigenvalue weighted by atomic mass is 16.6. The normalized spacial score (nSPS) is 14.2. The lowest BCUT2D eigenvalue weighted by Crippen LogP contribution is -2.51. The van der Waals surface area contributed by atoms with Gasteiger partial charge in [0.25, 0.3) is 0 Å². The van der Waals surface area contributed by atoms with E-state index in [0.717, 1.165) is 0 Å². The predicted molar refractivity (Wildman–Crippen MR) is 78.8 cm³/mol. The number of carbonyl (C=O) groups is 3. The minimum atomic E-state index is -0.790.